The van der Waals surface area contributed by atoms with Crippen LogP contribution in [0.4, 0.5) is 11.4 Å². The fraction of sp³-hybridized carbons (Fsp3) is 0.0769. The van der Waals surface area contributed by atoms with Gasteiger partial charge in [-0.25, -0.2) is 0 Å². The van der Waals surface area contributed by atoms with Gasteiger partial charge in [0, 0.05) is 10.0 Å². The summed E-state index contributed by atoms with van der Waals surface area (Å²) in [6, 6.07) is 20.5. The van der Waals surface area contributed by atoms with E-state index in [0.717, 1.165) is 10.8 Å². The number of nitrogens with one attached hydrogen (secondary N) is 2. The van der Waals surface area contributed by atoms with Crippen molar-refractivity contribution in [3.05, 3.63) is 92.9 Å². The van der Waals surface area contributed by atoms with E-state index in [-0.39, 0.29) is 23.3 Å². The molecule has 0 aliphatic heterocycles. The predicted molar refractivity (Wildman–Crippen MR) is 145 cm³/mol. The molecule has 2 amide bonds. The number of anilines is 2. The molecule has 2 N–H and O–H groups in total. The molecule has 0 aliphatic rings. The molecule has 6 nitrogen and oxygen atoms in total. The van der Waals surface area contributed by atoms with E-state index < -0.39 is 11.8 Å². The van der Waals surface area contributed by atoms with E-state index in [4.69, 9.17) is 55.9 Å². The fourth-order valence-corrected chi connectivity index (χ4v) is 4.22. The second kappa shape index (κ2) is 11.7. The maximum absolute atomic E-state index is 12.6. The van der Waals surface area contributed by atoms with Crippen LogP contribution >= 0.6 is 46.4 Å². The first-order valence-electron chi connectivity index (χ1n) is 10.6. The first-order valence-corrected chi connectivity index (χ1v) is 12.1. The minimum absolute atomic E-state index is 0.287. The zero-order chi connectivity index (χ0) is 25.7. The number of carbonyl (C=O) groups is 2. The molecule has 0 heterocycles. The zero-order valence-electron chi connectivity index (χ0n) is 18.5. The zero-order valence-corrected chi connectivity index (χ0v) is 21.5. The summed E-state index contributed by atoms with van der Waals surface area (Å²) in [6.07, 6.45) is 0. The highest BCUT2D eigenvalue weighted by Gasteiger charge is 2.14. The lowest BCUT2D eigenvalue weighted by Crippen LogP contribution is -2.24. The average Bonchev–Trinajstić information content (AvgIpc) is 2.83. The number of carbonyl (C=O) groups excluding carboxylic acids is 2. The Kier molecular flexibility index (Phi) is 8.44. The minimum Gasteiger partial charge on any atom is -0.482 e. The Morgan fingerprint density at radius 2 is 1.03 bits per heavy atom. The molecule has 0 aliphatic carbocycles. The molecule has 0 atom stereocenters. The number of benzene rings is 4. The van der Waals surface area contributed by atoms with Gasteiger partial charge in [0.1, 0.15) is 11.5 Å². The maximum Gasteiger partial charge on any atom is 0.262 e. The van der Waals surface area contributed by atoms with Crippen molar-refractivity contribution in [3.8, 4) is 11.5 Å². The normalized spacial score (nSPS) is 10.7. The van der Waals surface area contributed by atoms with Gasteiger partial charge in [-0.15, -0.1) is 0 Å². The van der Waals surface area contributed by atoms with Crippen LogP contribution in [0.5, 0.6) is 11.5 Å². The summed E-state index contributed by atoms with van der Waals surface area (Å²) in [7, 11) is 0. The number of hydrogen-bond donors (Lipinski definition) is 2. The fourth-order valence-electron chi connectivity index (χ4n) is 3.29. The second-order valence-corrected chi connectivity index (χ2v) is 9.26. The van der Waals surface area contributed by atoms with Crippen LogP contribution in [0.2, 0.25) is 20.1 Å². The van der Waals surface area contributed by atoms with Gasteiger partial charge in [0.2, 0.25) is 0 Å². The Morgan fingerprint density at radius 1 is 0.611 bits per heavy atom. The van der Waals surface area contributed by atoms with Crippen LogP contribution < -0.4 is 20.1 Å². The lowest BCUT2D eigenvalue weighted by Gasteiger charge is -2.15. The van der Waals surface area contributed by atoms with Gasteiger partial charge in [-0.05, 0) is 59.3 Å². The Balaban J connectivity index is 1.47. The maximum atomic E-state index is 12.6. The number of fused-ring (bicyclic) bond motifs is 1. The third kappa shape index (κ3) is 6.74. The number of ether oxygens (including phenoxy) is 2. The first-order chi connectivity index (χ1) is 17.3. The summed E-state index contributed by atoms with van der Waals surface area (Å²) in [5, 5.41) is 8.77. The van der Waals surface area contributed by atoms with E-state index >= 15 is 0 Å². The first kappa shape index (κ1) is 25.9. The number of hydrogen-bond acceptors (Lipinski definition) is 4. The van der Waals surface area contributed by atoms with E-state index in [9.17, 15) is 9.59 Å². The van der Waals surface area contributed by atoms with Crippen LogP contribution in [0.3, 0.4) is 0 Å². The van der Waals surface area contributed by atoms with Crippen molar-refractivity contribution in [2.24, 2.45) is 0 Å². The molecule has 0 saturated heterocycles. The molecule has 4 rings (SSSR count). The average molecular weight is 564 g/mol. The van der Waals surface area contributed by atoms with Gasteiger partial charge in [0.25, 0.3) is 11.8 Å². The second-order valence-electron chi connectivity index (χ2n) is 7.57. The number of amides is 2. The largest absolute Gasteiger partial charge is 0.482 e. The summed E-state index contributed by atoms with van der Waals surface area (Å²) in [6.45, 7) is -0.612. The highest BCUT2D eigenvalue weighted by molar-refractivity contribution is 6.36. The molecule has 0 unspecified atom stereocenters. The van der Waals surface area contributed by atoms with Crippen molar-refractivity contribution < 1.29 is 19.1 Å². The molecule has 0 spiro atoms. The summed E-state index contributed by atoms with van der Waals surface area (Å²) in [5.74, 6) is -0.255. The molecule has 0 bridgehead atoms. The molecule has 0 saturated carbocycles. The van der Waals surface area contributed by atoms with Gasteiger partial charge >= 0.3 is 0 Å². The molecule has 4 aromatic rings. The molecule has 0 radical (unpaired) electrons. The molecule has 0 fully saturated rings. The van der Waals surface area contributed by atoms with Crippen LogP contribution in [0.15, 0.2) is 72.8 Å². The van der Waals surface area contributed by atoms with Crippen LogP contribution in [0.1, 0.15) is 0 Å². The highest BCUT2D eigenvalue weighted by atomic mass is 35.5. The summed E-state index contributed by atoms with van der Waals surface area (Å²) >= 11 is 24.0. The Hall–Kier alpha value is -3.16. The SMILES string of the molecule is O=C(COc1ccc(Cl)cc1Cl)Nc1cc2ccccc2cc1NC(=O)COc1ccc(Cl)cc1Cl. The van der Waals surface area contributed by atoms with Crippen molar-refractivity contribution in [2.75, 3.05) is 23.8 Å². The van der Waals surface area contributed by atoms with Crippen molar-refractivity contribution in [1.29, 1.82) is 0 Å². The molecule has 10 heteroatoms. The molecule has 0 aromatic heterocycles. The van der Waals surface area contributed by atoms with Gasteiger partial charge in [-0.3, -0.25) is 9.59 Å². The van der Waals surface area contributed by atoms with Crippen LogP contribution in [-0.4, -0.2) is 25.0 Å². The third-order valence-electron chi connectivity index (χ3n) is 4.94. The molecule has 184 valence electrons. The molecule has 36 heavy (non-hydrogen) atoms. The summed E-state index contributed by atoms with van der Waals surface area (Å²) in [4.78, 5) is 25.3. The Morgan fingerprint density at radius 3 is 1.42 bits per heavy atom. The van der Waals surface area contributed by atoms with Gasteiger partial charge in [0.05, 0.1) is 21.4 Å². The predicted octanol–water partition coefficient (Wildman–Crippen LogP) is 7.49. The van der Waals surface area contributed by atoms with E-state index in [0.29, 0.717) is 32.9 Å². The van der Waals surface area contributed by atoms with Crippen molar-refractivity contribution in [1.82, 2.24) is 0 Å². The van der Waals surface area contributed by atoms with Gasteiger partial charge < -0.3 is 20.1 Å². The van der Waals surface area contributed by atoms with Crippen molar-refractivity contribution in [3.63, 3.8) is 0 Å². The Labute approximate surface area is 227 Å². The van der Waals surface area contributed by atoms with Gasteiger partial charge in [-0.2, -0.15) is 0 Å². The number of rotatable bonds is 8. The summed E-state index contributed by atoms with van der Waals surface area (Å²) in [5.41, 5.74) is 0.782. The lowest BCUT2D eigenvalue weighted by atomic mass is 10.1. The molecular formula is C26H18Cl4N2O4. The quantitative estimate of drug-likeness (QED) is 0.233. The van der Waals surface area contributed by atoms with E-state index in [1.165, 1.54) is 12.1 Å². The standard InChI is InChI=1S/C26H18Cl4N2O4/c27-17-5-7-23(19(29)11-17)35-13-25(33)31-21-9-15-3-1-2-4-16(15)10-22(21)32-26(34)14-36-24-8-6-18(28)12-20(24)30/h1-12H,13-14H2,(H,31,33)(H,32,34). The van der Waals surface area contributed by atoms with E-state index in [1.807, 2.05) is 24.3 Å². The topological polar surface area (TPSA) is 76.7 Å². The smallest absolute Gasteiger partial charge is 0.262 e. The van der Waals surface area contributed by atoms with Crippen LogP contribution in [0, 0.1) is 0 Å². The van der Waals surface area contributed by atoms with Gasteiger partial charge in [-0.1, -0.05) is 70.7 Å². The van der Waals surface area contributed by atoms with Crippen LogP contribution in [-0.2, 0) is 9.59 Å². The van der Waals surface area contributed by atoms with Gasteiger partial charge in [0.15, 0.2) is 13.2 Å². The lowest BCUT2D eigenvalue weighted by molar-refractivity contribution is -0.119. The monoisotopic (exact) mass is 562 g/mol. The number of halogens is 4. The minimum atomic E-state index is -0.448. The highest BCUT2D eigenvalue weighted by Crippen LogP contribution is 2.31. The van der Waals surface area contributed by atoms with E-state index in [1.54, 1.807) is 36.4 Å². The summed E-state index contributed by atoms with van der Waals surface area (Å²) < 4.78 is 11.0. The molecular weight excluding hydrogens is 546 g/mol. The van der Waals surface area contributed by atoms with Crippen molar-refractivity contribution in [2.45, 2.75) is 0 Å². The Bertz CT molecular complexity index is 1340. The van der Waals surface area contributed by atoms with Crippen molar-refractivity contribution >= 4 is 80.4 Å². The third-order valence-corrected chi connectivity index (χ3v) is 6.00. The van der Waals surface area contributed by atoms with Crippen LogP contribution in [0.25, 0.3) is 10.8 Å². The van der Waals surface area contributed by atoms with E-state index in [2.05, 4.69) is 10.6 Å². The molecule has 4 aromatic carbocycles.